The lowest BCUT2D eigenvalue weighted by Gasteiger charge is -2.29. The van der Waals surface area contributed by atoms with Crippen LogP contribution in [-0.2, 0) is 14.3 Å². The van der Waals surface area contributed by atoms with Crippen LogP contribution in [-0.4, -0.2) is 73.1 Å². The number of morpholine rings is 1. The molecule has 2 heterocycles. The van der Waals surface area contributed by atoms with Crippen molar-refractivity contribution in [3.05, 3.63) is 69.2 Å². The van der Waals surface area contributed by atoms with Gasteiger partial charge in [-0.15, -0.1) is 0 Å². The number of aryl methyl sites for hydroxylation is 1. The molecule has 7 nitrogen and oxygen atoms in total. The summed E-state index contributed by atoms with van der Waals surface area (Å²) in [5, 5.41) is 11.2. The molecule has 4 rings (SSSR count). The van der Waals surface area contributed by atoms with Gasteiger partial charge in [-0.05, 0) is 54.8 Å². The van der Waals surface area contributed by atoms with E-state index < -0.39 is 17.7 Å². The van der Waals surface area contributed by atoms with Crippen molar-refractivity contribution in [1.29, 1.82) is 0 Å². The summed E-state index contributed by atoms with van der Waals surface area (Å²) < 4.78 is 11.6. The number of ketones is 1. The third kappa shape index (κ3) is 5.04. The van der Waals surface area contributed by atoms with Gasteiger partial charge in [-0.1, -0.05) is 28.1 Å². The summed E-state index contributed by atoms with van der Waals surface area (Å²) in [6, 6.07) is 12.1. The number of halogens is 1. The lowest BCUT2D eigenvalue weighted by molar-refractivity contribution is -0.140. The molecule has 180 valence electrons. The molecule has 2 aliphatic heterocycles. The standard InChI is InChI=1S/C26H29BrN2O5/c1-17-16-19(6-9-21(17)33-2)24(30)22-23(18-4-7-20(27)8-5-18)29(26(32)25(22)31)11-3-10-28-12-14-34-15-13-28/h4-9,16,23,30H,3,10-15H2,1-2H3/b24-22-. The fraction of sp³-hybridized carbons (Fsp3) is 0.385. The van der Waals surface area contributed by atoms with Crippen LogP contribution in [0.3, 0.4) is 0 Å². The summed E-state index contributed by atoms with van der Waals surface area (Å²) in [6.07, 6.45) is 0.724. The molecule has 2 aromatic carbocycles. The van der Waals surface area contributed by atoms with Gasteiger partial charge in [-0.3, -0.25) is 14.5 Å². The molecule has 0 aromatic heterocycles. The highest BCUT2D eigenvalue weighted by Gasteiger charge is 2.45. The van der Waals surface area contributed by atoms with Crippen LogP contribution in [0.25, 0.3) is 5.76 Å². The number of amides is 1. The van der Waals surface area contributed by atoms with Crippen molar-refractivity contribution in [2.24, 2.45) is 0 Å². The predicted octanol–water partition coefficient (Wildman–Crippen LogP) is 3.91. The van der Waals surface area contributed by atoms with Crippen LogP contribution in [0.1, 0.15) is 29.2 Å². The van der Waals surface area contributed by atoms with Gasteiger partial charge < -0.3 is 19.5 Å². The molecule has 2 aliphatic rings. The maximum Gasteiger partial charge on any atom is 0.295 e. The van der Waals surface area contributed by atoms with Crippen molar-refractivity contribution in [2.45, 2.75) is 19.4 Å². The van der Waals surface area contributed by atoms with Crippen LogP contribution in [0.15, 0.2) is 52.5 Å². The Labute approximate surface area is 208 Å². The first-order valence-corrected chi connectivity index (χ1v) is 12.2. The summed E-state index contributed by atoms with van der Waals surface area (Å²) >= 11 is 3.44. The smallest absolute Gasteiger partial charge is 0.295 e. The summed E-state index contributed by atoms with van der Waals surface area (Å²) in [4.78, 5) is 30.2. The molecule has 2 fully saturated rings. The SMILES string of the molecule is COc1ccc(/C(O)=C2/C(=O)C(=O)N(CCCN3CCOCC3)C2c2ccc(Br)cc2)cc1C. The third-order valence-corrected chi connectivity index (χ3v) is 6.90. The van der Waals surface area contributed by atoms with Crippen molar-refractivity contribution in [3.8, 4) is 5.75 Å². The number of hydrogen-bond acceptors (Lipinski definition) is 6. The normalized spacial score (nSPS) is 20.7. The van der Waals surface area contributed by atoms with E-state index in [0.717, 1.165) is 41.7 Å². The molecule has 1 unspecified atom stereocenters. The Morgan fingerprint density at radius 1 is 1.12 bits per heavy atom. The van der Waals surface area contributed by atoms with E-state index in [9.17, 15) is 14.7 Å². The van der Waals surface area contributed by atoms with E-state index in [1.54, 1.807) is 30.2 Å². The number of aliphatic hydroxyl groups excluding tert-OH is 1. The molecule has 1 N–H and O–H groups in total. The number of ether oxygens (including phenoxy) is 2. The number of rotatable bonds is 7. The number of Topliss-reactive ketones (excluding diaryl/α,β-unsaturated/α-hetero) is 1. The van der Waals surface area contributed by atoms with Crippen LogP contribution in [0.5, 0.6) is 5.75 Å². The Bertz CT molecular complexity index is 1090. The van der Waals surface area contributed by atoms with Crippen LogP contribution in [0.2, 0.25) is 0 Å². The molecule has 0 spiro atoms. The van der Waals surface area contributed by atoms with E-state index in [4.69, 9.17) is 9.47 Å². The fourth-order valence-corrected chi connectivity index (χ4v) is 4.84. The van der Waals surface area contributed by atoms with Crippen molar-refractivity contribution in [2.75, 3.05) is 46.5 Å². The topological polar surface area (TPSA) is 79.3 Å². The monoisotopic (exact) mass is 528 g/mol. The third-order valence-electron chi connectivity index (χ3n) is 6.37. The van der Waals surface area contributed by atoms with Crippen LogP contribution in [0.4, 0.5) is 0 Å². The largest absolute Gasteiger partial charge is 0.507 e. The molecule has 0 aliphatic carbocycles. The molecule has 34 heavy (non-hydrogen) atoms. The first kappa shape index (κ1) is 24.4. The highest BCUT2D eigenvalue weighted by Crippen LogP contribution is 2.40. The molecule has 1 atom stereocenters. The number of likely N-dealkylation sites (tertiary alicyclic amines) is 1. The second kappa shape index (κ2) is 10.7. The first-order valence-electron chi connectivity index (χ1n) is 11.4. The Kier molecular flexibility index (Phi) is 7.70. The van der Waals surface area contributed by atoms with Gasteiger partial charge in [0.2, 0.25) is 0 Å². The van der Waals surface area contributed by atoms with Crippen LogP contribution in [0, 0.1) is 6.92 Å². The first-order chi connectivity index (χ1) is 16.4. The molecule has 0 radical (unpaired) electrons. The van der Waals surface area contributed by atoms with E-state index in [-0.39, 0.29) is 11.3 Å². The van der Waals surface area contributed by atoms with Gasteiger partial charge in [0, 0.05) is 36.2 Å². The maximum absolute atomic E-state index is 13.2. The zero-order valence-electron chi connectivity index (χ0n) is 19.4. The molecule has 8 heteroatoms. The summed E-state index contributed by atoms with van der Waals surface area (Å²) in [7, 11) is 1.58. The molecular formula is C26H29BrN2O5. The number of aliphatic hydroxyl groups is 1. The van der Waals surface area contributed by atoms with Gasteiger partial charge >= 0.3 is 0 Å². The van der Waals surface area contributed by atoms with Gasteiger partial charge in [0.15, 0.2) is 0 Å². The minimum absolute atomic E-state index is 0.114. The second-order valence-electron chi connectivity index (χ2n) is 8.54. The Balaban J connectivity index is 1.68. The quantitative estimate of drug-likeness (QED) is 0.333. The average molecular weight is 529 g/mol. The molecule has 2 aromatic rings. The van der Waals surface area contributed by atoms with E-state index in [0.29, 0.717) is 31.1 Å². The van der Waals surface area contributed by atoms with Gasteiger partial charge in [0.1, 0.15) is 11.5 Å². The number of hydrogen-bond donors (Lipinski definition) is 1. The van der Waals surface area contributed by atoms with Gasteiger partial charge in [0.25, 0.3) is 11.7 Å². The van der Waals surface area contributed by atoms with Gasteiger partial charge in [-0.25, -0.2) is 0 Å². The van der Waals surface area contributed by atoms with Gasteiger partial charge in [-0.2, -0.15) is 0 Å². The zero-order chi connectivity index (χ0) is 24.2. The van der Waals surface area contributed by atoms with Crippen molar-refractivity contribution in [3.63, 3.8) is 0 Å². The van der Waals surface area contributed by atoms with E-state index in [1.165, 1.54) is 0 Å². The Hall–Kier alpha value is -2.68. The fourth-order valence-electron chi connectivity index (χ4n) is 4.57. The van der Waals surface area contributed by atoms with Crippen molar-refractivity contribution in [1.82, 2.24) is 9.80 Å². The highest BCUT2D eigenvalue weighted by molar-refractivity contribution is 9.10. The summed E-state index contributed by atoms with van der Waals surface area (Å²) in [5.74, 6) is -0.732. The van der Waals surface area contributed by atoms with E-state index in [1.807, 2.05) is 31.2 Å². The van der Waals surface area contributed by atoms with Gasteiger partial charge in [0.05, 0.1) is 31.9 Å². The van der Waals surface area contributed by atoms with Crippen LogP contribution < -0.4 is 4.74 Å². The molecule has 2 saturated heterocycles. The molecule has 1 amide bonds. The summed E-state index contributed by atoms with van der Waals surface area (Å²) in [5.41, 5.74) is 2.20. The van der Waals surface area contributed by atoms with Crippen LogP contribution >= 0.6 is 15.9 Å². The summed E-state index contributed by atoms with van der Waals surface area (Å²) in [6.45, 7) is 6.26. The van der Waals surface area contributed by atoms with Crippen molar-refractivity contribution < 1.29 is 24.2 Å². The lowest BCUT2D eigenvalue weighted by atomic mass is 9.95. The van der Waals surface area contributed by atoms with E-state index >= 15 is 0 Å². The zero-order valence-corrected chi connectivity index (χ0v) is 21.0. The molecular weight excluding hydrogens is 500 g/mol. The second-order valence-corrected chi connectivity index (χ2v) is 9.45. The number of methoxy groups -OCH3 is 1. The minimum atomic E-state index is -0.662. The Morgan fingerprint density at radius 3 is 2.47 bits per heavy atom. The number of carbonyl (C=O) groups is 2. The maximum atomic E-state index is 13.2. The molecule has 0 saturated carbocycles. The average Bonchev–Trinajstić information content (AvgIpc) is 3.09. The number of benzene rings is 2. The number of nitrogens with zero attached hydrogens (tertiary/aromatic N) is 2. The number of carbonyl (C=O) groups excluding carboxylic acids is 2. The highest BCUT2D eigenvalue weighted by atomic mass is 79.9. The lowest BCUT2D eigenvalue weighted by Crippen LogP contribution is -2.38. The van der Waals surface area contributed by atoms with Crippen molar-refractivity contribution >= 4 is 33.4 Å². The molecule has 0 bridgehead atoms. The Morgan fingerprint density at radius 2 is 1.82 bits per heavy atom. The minimum Gasteiger partial charge on any atom is -0.507 e. The van der Waals surface area contributed by atoms with E-state index in [2.05, 4.69) is 20.8 Å². The predicted molar refractivity (Wildman–Crippen MR) is 133 cm³/mol.